The van der Waals surface area contributed by atoms with Gasteiger partial charge in [-0.15, -0.1) is 11.3 Å². The molecule has 30 heavy (non-hydrogen) atoms. The fourth-order valence-corrected chi connectivity index (χ4v) is 6.03. The number of fused-ring (bicyclic) bond motifs is 3. The molecule has 1 aliphatic rings. The van der Waals surface area contributed by atoms with Gasteiger partial charge in [-0.05, 0) is 43.4 Å². The summed E-state index contributed by atoms with van der Waals surface area (Å²) in [6, 6.07) is 7.15. The molecule has 2 aromatic heterocycles. The Morgan fingerprint density at radius 3 is 2.97 bits per heavy atom. The summed E-state index contributed by atoms with van der Waals surface area (Å²) in [4.78, 5) is 24.2. The zero-order valence-corrected chi connectivity index (χ0v) is 20.2. The average molecular weight is 480 g/mol. The quantitative estimate of drug-likeness (QED) is 0.264. The van der Waals surface area contributed by atoms with E-state index in [1.165, 1.54) is 34.0 Å². The van der Waals surface area contributed by atoms with Crippen LogP contribution in [-0.2, 0) is 22.6 Å². The summed E-state index contributed by atoms with van der Waals surface area (Å²) in [6.07, 6.45) is 3.74. The van der Waals surface area contributed by atoms with E-state index in [4.69, 9.17) is 26.3 Å². The zero-order chi connectivity index (χ0) is 21.3. The zero-order valence-electron chi connectivity index (χ0n) is 17.0. The smallest absolute Gasteiger partial charge is 0.234 e. The molecule has 3 aromatic rings. The topological polar surface area (TPSA) is 64.1 Å². The summed E-state index contributed by atoms with van der Waals surface area (Å²) < 4.78 is 6.12. The monoisotopic (exact) mass is 479 g/mol. The van der Waals surface area contributed by atoms with E-state index in [9.17, 15) is 4.79 Å². The molecule has 0 unspecified atom stereocenters. The van der Waals surface area contributed by atoms with Crippen molar-refractivity contribution >= 4 is 68.3 Å². The third-order valence-electron chi connectivity index (χ3n) is 5.16. The number of thioether (sulfide) groups is 2. The number of carbonyl (C=O) groups excluding carboxylic acids is 1. The molecule has 1 N–H and O–H groups in total. The second-order valence-corrected chi connectivity index (χ2v) is 10.6. The van der Waals surface area contributed by atoms with E-state index in [0.717, 1.165) is 33.2 Å². The first-order valence-corrected chi connectivity index (χ1v) is 13.0. The number of thiophene rings is 1. The van der Waals surface area contributed by atoms with E-state index in [-0.39, 0.29) is 17.3 Å². The molecular weight excluding hydrogens is 458 g/mol. The van der Waals surface area contributed by atoms with Crippen molar-refractivity contribution in [3.05, 3.63) is 39.7 Å². The molecule has 0 radical (unpaired) electrons. The Hall–Kier alpha value is -1.32. The summed E-state index contributed by atoms with van der Waals surface area (Å²) in [7, 11) is 0. The van der Waals surface area contributed by atoms with Crippen molar-refractivity contribution in [2.24, 2.45) is 0 Å². The van der Waals surface area contributed by atoms with Gasteiger partial charge in [0.05, 0.1) is 18.0 Å². The van der Waals surface area contributed by atoms with E-state index in [1.807, 2.05) is 18.4 Å². The molecule has 3 heterocycles. The molecular formula is C21H22ClN3O2S3. The van der Waals surface area contributed by atoms with Crippen LogP contribution in [0.1, 0.15) is 30.7 Å². The van der Waals surface area contributed by atoms with E-state index in [0.29, 0.717) is 17.3 Å². The lowest BCUT2D eigenvalue weighted by Crippen LogP contribution is -2.33. The second-order valence-electron chi connectivity index (χ2n) is 7.32. The van der Waals surface area contributed by atoms with Gasteiger partial charge in [0.25, 0.3) is 0 Å². The van der Waals surface area contributed by atoms with Crippen molar-refractivity contribution in [3.8, 4) is 0 Å². The normalized spacial score (nSPS) is 18.4. The van der Waals surface area contributed by atoms with Crippen LogP contribution in [0.25, 0.3) is 10.2 Å². The number of rotatable bonds is 6. The molecule has 0 bridgehead atoms. The molecule has 158 valence electrons. The largest absolute Gasteiger partial charge is 0.369 e. The molecule has 5 nitrogen and oxygen atoms in total. The first kappa shape index (κ1) is 21.9. The van der Waals surface area contributed by atoms with Crippen molar-refractivity contribution in [1.29, 1.82) is 0 Å². The van der Waals surface area contributed by atoms with Crippen LogP contribution in [0.15, 0.2) is 34.4 Å². The van der Waals surface area contributed by atoms with Gasteiger partial charge < -0.3 is 10.1 Å². The first-order valence-electron chi connectivity index (χ1n) is 9.59. The molecule has 0 aliphatic carbocycles. The number of carbonyl (C=O) groups is 1. The van der Waals surface area contributed by atoms with Crippen molar-refractivity contribution in [2.45, 2.75) is 49.1 Å². The minimum atomic E-state index is -0.176. The number of anilines is 1. The number of nitrogens with one attached hydrogen (secondary N) is 1. The van der Waals surface area contributed by atoms with Crippen LogP contribution in [0, 0.1) is 0 Å². The van der Waals surface area contributed by atoms with Gasteiger partial charge in [0.1, 0.15) is 9.86 Å². The maximum atomic E-state index is 12.5. The highest BCUT2D eigenvalue weighted by molar-refractivity contribution is 8.00. The number of nitrogens with zero attached hydrogens (tertiary/aromatic N) is 2. The Balaban J connectivity index is 1.61. The van der Waals surface area contributed by atoms with Gasteiger partial charge >= 0.3 is 0 Å². The predicted molar refractivity (Wildman–Crippen MR) is 127 cm³/mol. The highest BCUT2D eigenvalue weighted by Crippen LogP contribution is 2.43. The van der Waals surface area contributed by atoms with E-state index < -0.39 is 0 Å². The third kappa shape index (κ3) is 4.62. The van der Waals surface area contributed by atoms with Gasteiger partial charge in [0.2, 0.25) is 5.91 Å². The predicted octanol–water partition coefficient (Wildman–Crippen LogP) is 6.04. The second kappa shape index (κ2) is 9.04. The van der Waals surface area contributed by atoms with Crippen LogP contribution >= 0.6 is 46.5 Å². The number of ether oxygens (including phenoxy) is 1. The number of halogens is 1. The lowest BCUT2D eigenvalue weighted by molar-refractivity contribution is -0.113. The van der Waals surface area contributed by atoms with Crippen molar-refractivity contribution in [1.82, 2.24) is 9.97 Å². The maximum Gasteiger partial charge on any atom is 0.234 e. The molecule has 0 fully saturated rings. The summed E-state index contributed by atoms with van der Waals surface area (Å²) in [6.45, 7) is 4.91. The average Bonchev–Trinajstić information content (AvgIpc) is 3.09. The van der Waals surface area contributed by atoms with Crippen molar-refractivity contribution in [2.75, 3.05) is 17.3 Å². The third-order valence-corrected chi connectivity index (χ3v) is 8.02. The lowest BCUT2D eigenvalue weighted by atomic mass is 9.90. The summed E-state index contributed by atoms with van der Waals surface area (Å²) >= 11 is 10.6. The summed E-state index contributed by atoms with van der Waals surface area (Å²) in [5, 5.41) is 6.15. The molecule has 1 aliphatic heterocycles. The molecule has 9 heteroatoms. The fourth-order valence-electron chi connectivity index (χ4n) is 3.34. The summed E-state index contributed by atoms with van der Waals surface area (Å²) in [5.74, 6) is 0.170. The van der Waals surface area contributed by atoms with Crippen LogP contribution in [-0.4, -0.2) is 33.5 Å². The number of hydrogen-bond acceptors (Lipinski definition) is 7. The van der Waals surface area contributed by atoms with Gasteiger partial charge in [0, 0.05) is 27.4 Å². The van der Waals surface area contributed by atoms with Crippen LogP contribution in [0.2, 0.25) is 5.02 Å². The Morgan fingerprint density at radius 1 is 1.40 bits per heavy atom. The molecule has 4 rings (SSSR count). The highest BCUT2D eigenvalue weighted by Gasteiger charge is 2.33. The molecule has 1 amide bonds. The Bertz CT molecular complexity index is 1100. The minimum Gasteiger partial charge on any atom is -0.369 e. The molecule has 1 aromatic carbocycles. The van der Waals surface area contributed by atoms with Gasteiger partial charge in [-0.3, -0.25) is 4.79 Å². The SMILES string of the molecule is CC[C@@]1(C)Cc2c(sc3nc(SC)nc(SCC(=O)Nc4cccc(Cl)c4)c23)CO1. The number of benzene rings is 1. The molecule has 1 atom stereocenters. The van der Waals surface area contributed by atoms with Crippen molar-refractivity contribution < 1.29 is 9.53 Å². The molecule has 0 saturated heterocycles. The summed E-state index contributed by atoms with van der Waals surface area (Å²) in [5.41, 5.74) is 1.79. The van der Waals surface area contributed by atoms with Crippen LogP contribution in [0.3, 0.4) is 0 Å². The number of aromatic nitrogens is 2. The van der Waals surface area contributed by atoms with Gasteiger partial charge in [-0.1, -0.05) is 48.1 Å². The van der Waals surface area contributed by atoms with Gasteiger partial charge in [-0.2, -0.15) is 0 Å². The number of amides is 1. The van der Waals surface area contributed by atoms with Crippen LogP contribution < -0.4 is 5.32 Å². The number of hydrogen-bond donors (Lipinski definition) is 1. The van der Waals surface area contributed by atoms with Crippen LogP contribution in [0.4, 0.5) is 5.69 Å². The fraction of sp³-hybridized carbons (Fsp3) is 0.381. The van der Waals surface area contributed by atoms with E-state index in [2.05, 4.69) is 19.2 Å². The lowest BCUT2D eigenvalue weighted by Gasteiger charge is -2.33. The Morgan fingerprint density at radius 2 is 2.23 bits per heavy atom. The first-order chi connectivity index (χ1) is 14.4. The van der Waals surface area contributed by atoms with Crippen LogP contribution in [0.5, 0.6) is 0 Å². The standard InChI is InChI=1S/C21H22ClN3O2S3/c1-4-21(2)9-14-15(10-27-21)30-19-17(14)18(24-20(25-19)28-3)29-11-16(26)23-13-7-5-6-12(22)8-13/h5-8H,4,9-11H2,1-3H3,(H,23,26)/t21-/m0/s1. The highest BCUT2D eigenvalue weighted by atomic mass is 35.5. The van der Waals surface area contributed by atoms with E-state index in [1.54, 1.807) is 23.5 Å². The van der Waals surface area contributed by atoms with Gasteiger partial charge in [0.15, 0.2) is 5.16 Å². The van der Waals surface area contributed by atoms with E-state index >= 15 is 0 Å². The minimum absolute atomic E-state index is 0.0921. The molecule has 0 spiro atoms. The van der Waals surface area contributed by atoms with Crippen molar-refractivity contribution in [3.63, 3.8) is 0 Å². The Kier molecular flexibility index (Phi) is 6.60. The maximum absolute atomic E-state index is 12.5. The Labute approximate surface area is 193 Å². The van der Waals surface area contributed by atoms with Gasteiger partial charge in [-0.25, -0.2) is 9.97 Å². The molecule has 0 saturated carbocycles.